The van der Waals surface area contributed by atoms with Crippen molar-refractivity contribution in [1.29, 1.82) is 0 Å². The van der Waals surface area contributed by atoms with Crippen molar-refractivity contribution in [2.24, 2.45) is 0 Å². The highest BCUT2D eigenvalue weighted by atomic mass is 16.5. The van der Waals surface area contributed by atoms with E-state index >= 15 is 0 Å². The molecule has 0 aliphatic carbocycles. The molecule has 1 amide bonds. The van der Waals surface area contributed by atoms with Gasteiger partial charge in [0.15, 0.2) is 0 Å². The van der Waals surface area contributed by atoms with Crippen LogP contribution in [0.3, 0.4) is 0 Å². The molecular formula is C26H26N4O3. The molecular weight excluding hydrogens is 416 g/mol. The van der Waals surface area contributed by atoms with Crippen LogP contribution in [0.5, 0.6) is 11.5 Å². The Morgan fingerprint density at radius 3 is 2.18 bits per heavy atom. The van der Waals surface area contributed by atoms with Gasteiger partial charge < -0.3 is 19.3 Å². The summed E-state index contributed by atoms with van der Waals surface area (Å²) in [7, 11) is 3.30. The largest absolute Gasteiger partial charge is 0.497 e. The third kappa shape index (κ3) is 3.98. The highest BCUT2D eigenvalue weighted by Crippen LogP contribution is 2.30. The van der Waals surface area contributed by atoms with Gasteiger partial charge in [-0.05, 0) is 12.1 Å². The van der Waals surface area contributed by atoms with Crippen LogP contribution >= 0.6 is 0 Å². The molecule has 1 saturated heterocycles. The summed E-state index contributed by atoms with van der Waals surface area (Å²) in [4.78, 5) is 22.7. The molecule has 7 nitrogen and oxygen atoms in total. The predicted molar refractivity (Wildman–Crippen MR) is 128 cm³/mol. The smallest absolute Gasteiger partial charge is 0.273 e. The van der Waals surface area contributed by atoms with Crippen LogP contribution in [0.25, 0.3) is 16.9 Å². The molecule has 33 heavy (non-hydrogen) atoms. The standard InChI is InChI=1S/C26H26N4O3/c1-32-21-16-20(17-22(18-21)33-2)28-12-14-29(15-13-28)26(31)25-24(19-8-4-3-5-9-19)27-23-10-6-7-11-30(23)25/h3-11,16-18H,12-15H2,1-2H3. The first kappa shape index (κ1) is 20.9. The Balaban J connectivity index is 1.41. The summed E-state index contributed by atoms with van der Waals surface area (Å²) in [5.41, 5.74) is 4.05. The zero-order valence-electron chi connectivity index (χ0n) is 18.8. The maximum Gasteiger partial charge on any atom is 0.273 e. The number of ether oxygens (including phenoxy) is 2. The maximum absolute atomic E-state index is 13.7. The molecule has 0 unspecified atom stereocenters. The number of carbonyl (C=O) groups excluding carboxylic acids is 1. The average Bonchev–Trinajstić information content (AvgIpc) is 3.28. The van der Waals surface area contributed by atoms with E-state index in [1.807, 2.05) is 82.2 Å². The van der Waals surface area contributed by atoms with Crippen molar-refractivity contribution in [1.82, 2.24) is 14.3 Å². The first-order valence-corrected chi connectivity index (χ1v) is 11.0. The number of carbonyl (C=O) groups is 1. The third-order valence-electron chi connectivity index (χ3n) is 6.05. The molecule has 1 aliphatic rings. The second-order valence-corrected chi connectivity index (χ2v) is 7.95. The predicted octanol–water partition coefficient (Wildman–Crippen LogP) is 3.98. The summed E-state index contributed by atoms with van der Waals surface area (Å²) < 4.78 is 12.7. The number of nitrogens with zero attached hydrogens (tertiary/aromatic N) is 4. The van der Waals surface area contributed by atoms with Crippen molar-refractivity contribution < 1.29 is 14.3 Å². The molecule has 4 aromatic rings. The quantitative estimate of drug-likeness (QED) is 0.468. The monoisotopic (exact) mass is 442 g/mol. The molecule has 1 aliphatic heterocycles. The number of methoxy groups -OCH3 is 2. The van der Waals surface area contributed by atoms with Crippen LogP contribution in [-0.2, 0) is 0 Å². The lowest BCUT2D eigenvalue weighted by Gasteiger charge is -2.36. The molecule has 0 atom stereocenters. The van der Waals surface area contributed by atoms with Gasteiger partial charge in [-0.15, -0.1) is 0 Å². The molecule has 1 fully saturated rings. The second kappa shape index (κ2) is 8.86. The van der Waals surface area contributed by atoms with Gasteiger partial charge in [0.1, 0.15) is 28.5 Å². The molecule has 0 bridgehead atoms. The molecule has 3 heterocycles. The molecule has 0 radical (unpaired) electrons. The fourth-order valence-corrected chi connectivity index (χ4v) is 4.29. The summed E-state index contributed by atoms with van der Waals surface area (Å²) in [5.74, 6) is 1.50. The molecule has 0 N–H and O–H groups in total. The number of rotatable bonds is 5. The van der Waals surface area contributed by atoms with Gasteiger partial charge in [-0.1, -0.05) is 36.4 Å². The van der Waals surface area contributed by atoms with Crippen molar-refractivity contribution >= 4 is 17.2 Å². The number of anilines is 1. The Hall–Kier alpha value is -4.00. The van der Waals surface area contributed by atoms with Crippen LogP contribution in [0.4, 0.5) is 5.69 Å². The van der Waals surface area contributed by atoms with Crippen molar-refractivity contribution in [3.63, 3.8) is 0 Å². The summed E-state index contributed by atoms with van der Waals surface area (Å²) in [5, 5.41) is 0. The van der Waals surface area contributed by atoms with E-state index in [-0.39, 0.29) is 5.91 Å². The van der Waals surface area contributed by atoms with E-state index in [2.05, 4.69) is 4.90 Å². The van der Waals surface area contributed by atoms with Gasteiger partial charge in [0, 0.05) is 61.8 Å². The summed E-state index contributed by atoms with van der Waals surface area (Å²) >= 11 is 0. The SMILES string of the molecule is COc1cc(OC)cc(N2CCN(C(=O)c3c(-c4ccccc4)nc4ccccn34)CC2)c1. The van der Waals surface area contributed by atoms with E-state index in [9.17, 15) is 4.79 Å². The summed E-state index contributed by atoms with van der Waals surface area (Å²) in [6.45, 7) is 2.68. The lowest BCUT2D eigenvalue weighted by molar-refractivity contribution is 0.0740. The zero-order valence-corrected chi connectivity index (χ0v) is 18.8. The molecule has 168 valence electrons. The summed E-state index contributed by atoms with van der Waals surface area (Å²) in [6.07, 6.45) is 1.90. The van der Waals surface area contributed by atoms with Gasteiger partial charge in [0.25, 0.3) is 5.91 Å². The first-order chi connectivity index (χ1) is 16.2. The molecule has 0 spiro atoms. The van der Waals surface area contributed by atoms with Gasteiger partial charge in [0.05, 0.1) is 14.2 Å². The number of imidazole rings is 1. The van der Waals surface area contributed by atoms with Gasteiger partial charge in [0.2, 0.25) is 0 Å². The van der Waals surface area contributed by atoms with Gasteiger partial charge in [-0.25, -0.2) is 4.98 Å². The van der Waals surface area contributed by atoms with E-state index < -0.39 is 0 Å². The molecule has 7 heteroatoms. The Morgan fingerprint density at radius 1 is 0.848 bits per heavy atom. The van der Waals surface area contributed by atoms with E-state index in [4.69, 9.17) is 14.5 Å². The number of aromatic nitrogens is 2. The molecule has 5 rings (SSSR count). The summed E-state index contributed by atoms with van der Waals surface area (Å²) in [6, 6.07) is 21.5. The van der Waals surface area contributed by atoms with Crippen LogP contribution in [0.1, 0.15) is 10.5 Å². The average molecular weight is 443 g/mol. The van der Waals surface area contributed by atoms with E-state index in [0.717, 1.165) is 41.5 Å². The van der Waals surface area contributed by atoms with Crippen molar-refractivity contribution in [2.45, 2.75) is 0 Å². The van der Waals surface area contributed by atoms with Crippen LogP contribution in [0, 0.1) is 0 Å². The molecule has 2 aromatic carbocycles. The third-order valence-corrected chi connectivity index (χ3v) is 6.05. The van der Waals surface area contributed by atoms with Crippen LogP contribution in [0.15, 0.2) is 72.9 Å². The fraction of sp³-hybridized carbons (Fsp3) is 0.231. The van der Waals surface area contributed by atoms with E-state index in [1.54, 1.807) is 14.2 Å². The highest BCUT2D eigenvalue weighted by Gasteiger charge is 2.28. The van der Waals surface area contributed by atoms with Crippen LogP contribution in [-0.4, -0.2) is 60.6 Å². The number of fused-ring (bicyclic) bond motifs is 1. The van der Waals surface area contributed by atoms with Crippen molar-refractivity contribution in [3.8, 4) is 22.8 Å². The van der Waals surface area contributed by atoms with Crippen molar-refractivity contribution in [2.75, 3.05) is 45.3 Å². The number of benzene rings is 2. The zero-order chi connectivity index (χ0) is 22.8. The molecule has 2 aromatic heterocycles. The Morgan fingerprint density at radius 2 is 1.52 bits per heavy atom. The van der Waals surface area contributed by atoms with E-state index in [1.165, 1.54) is 0 Å². The Kier molecular flexibility index (Phi) is 5.60. The lowest BCUT2D eigenvalue weighted by Crippen LogP contribution is -2.49. The normalized spacial score (nSPS) is 13.9. The van der Waals surface area contributed by atoms with Gasteiger partial charge in [-0.2, -0.15) is 0 Å². The number of hydrogen-bond acceptors (Lipinski definition) is 5. The number of hydrogen-bond donors (Lipinski definition) is 0. The van der Waals surface area contributed by atoms with E-state index in [0.29, 0.717) is 24.5 Å². The Labute approximate surface area is 192 Å². The van der Waals surface area contributed by atoms with Crippen molar-refractivity contribution in [3.05, 3.63) is 78.6 Å². The molecule has 0 saturated carbocycles. The fourth-order valence-electron chi connectivity index (χ4n) is 4.29. The van der Waals surface area contributed by atoms with Crippen LogP contribution < -0.4 is 14.4 Å². The minimum atomic E-state index is -0.00424. The van der Waals surface area contributed by atoms with Gasteiger partial charge in [-0.3, -0.25) is 9.20 Å². The first-order valence-electron chi connectivity index (χ1n) is 11.0. The number of amides is 1. The number of piperazine rings is 1. The minimum absolute atomic E-state index is 0.00424. The maximum atomic E-state index is 13.7. The van der Waals surface area contributed by atoms with Gasteiger partial charge >= 0.3 is 0 Å². The van der Waals surface area contributed by atoms with Crippen LogP contribution in [0.2, 0.25) is 0 Å². The second-order valence-electron chi connectivity index (χ2n) is 7.95. The Bertz CT molecular complexity index is 1260. The number of pyridine rings is 1. The topological polar surface area (TPSA) is 59.3 Å². The minimum Gasteiger partial charge on any atom is -0.497 e. The highest BCUT2D eigenvalue weighted by molar-refractivity contribution is 5.99. The lowest BCUT2D eigenvalue weighted by atomic mass is 10.1.